The van der Waals surface area contributed by atoms with Crippen LogP contribution in [0.3, 0.4) is 0 Å². The Bertz CT molecular complexity index is 298. The van der Waals surface area contributed by atoms with Crippen LogP contribution in [0, 0.1) is 11.8 Å². The summed E-state index contributed by atoms with van der Waals surface area (Å²) in [6.07, 6.45) is 1.86. The third-order valence-electron chi connectivity index (χ3n) is 4.29. The predicted octanol–water partition coefficient (Wildman–Crippen LogP) is 0.604. The number of nitrogens with one attached hydrogen (secondary N) is 1. The summed E-state index contributed by atoms with van der Waals surface area (Å²) < 4.78 is 0. The van der Waals surface area contributed by atoms with E-state index in [0.29, 0.717) is 19.1 Å². The predicted molar refractivity (Wildman–Crippen MR) is 66.6 cm³/mol. The number of hydrogen-bond donors (Lipinski definition) is 2. The fourth-order valence-corrected chi connectivity index (χ4v) is 2.75. The number of likely N-dealkylation sites (tertiary alicyclic amines) is 1. The molecule has 4 heteroatoms. The lowest BCUT2D eigenvalue weighted by molar-refractivity contribution is -0.168. The summed E-state index contributed by atoms with van der Waals surface area (Å²) in [6.45, 7) is 8.10. The van der Waals surface area contributed by atoms with E-state index in [9.17, 15) is 9.90 Å². The van der Waals surface area contributed by atoms with Crippen LogP contribution in [-0.4, -0.2) is 47.2 Å². The number of rotatable bonds is 2. The number of hydrogen-bond acceptors (Lipinski definition) is 3. The molecule has 2 saturated heterocycles. The van der Waals surface area contributed by atoms with Crippen LogP contribution in [0.4, 0.5) is 0 Å². The highest BCUT2D eigenvalue weighted by Crippen LogP contribution is 2.31. The van der Waals surface area contributed by atoms with Gasteiger partial charge in [0.1, 0.15) is 5.60 Å². The van der Waals surface area contributed by atoms with Gasteiger partial charge in [0.2, 0.25) is 5.91 Å². The second-order valence-corrected chi connectivity index (χ2v) is 6.03. The molecule has 2 heterocycles. The molecule has 0 aromatic rings. The fourth-order valence-electron chi connectivity index (χ4n) is 2.75. The molecule has 2 N–H and O–H groups in total. The Balaban J connectivity index is 1.86. The summed E-state index contributed by atoms with van der Waals surface area (Å²) in [7, 11) is 0. The molecule has 2 aliphatic rings. The zero-order valence-electron chi connectivity index (χ0n) is 11.1. The van der Waals surface area contributed by atoms with Crippen LogP contribution < -0.4 is 5.32 Å². The SMILES string of the molecule is CC1CC(C(=O)N2CC(O)(C(C)C)C2)CCN1. The standard InChI is InChI=1S/C13H24N2O2/c1-9(2)13(17)7-15(8-13)12(16)11-4-5-14-10(3)6-11/h9-11,14,17H,4-8H2,1-3H3. The Hall–Kier alpha value is -0.610. The number of carbonyl (C=O) groups is 1. The van der Waals surface area contributed by atoms with Gasteiger partial charge >= 0.3 is 0 Å². The minimum Gasteiger partial charge on any atom is -0.386 e. The van der Waals surface area contributed by atoms with E-state index in [0.717, 1.165) is 19.4 Å². The van der Waals surface area contributed by atoms with Crippen LogP contribution in [0.1, 0.15) is 33.6 Å². The molecule has 2 unspecified atom stereocenters. The summed E-state index contributed by atoms with van der Waals surface area (Å²) in [5.74, 6) is 0.616. The van der Waals surface area contributed by atoms with E-state index < -0.39 is 5.60 Å². The second-order valence-electron chi connectivity index (χ2n) is 6.03. The summed E-state index contributed by atoms with van der Waals surface area (Å²) in [5, 5.41) is 13.5. The molecule has 1 amide bonds. The maximum atomic E-state index is 12.2. The zero-order valence-corrected chi connectivity index (χ0v) is 11.1. The fraction of sp³-hybridized carbons (Fsp3) is 0.923. The Morgan fingerprint density at radius 2 is 2.12 bits per heavy atom. The molecular formula is C13H24N2O2. The molecule has 0 radical (unpaired) electrons. The minimum atomic E-state index is -0.645. The molecule has 2 aliphatic heterocycles. The minimum absolute atomic E-state index is 0.156. The van der Waals surface area contributed by atoms with Gasteiger partial charge in [0, 0.05) is 12.0 Å². The molecule has 0 aromatic carbocycles. The van der Waals surface area contributed by atoms with Crippen LogP contribution in [0.2, 0.25) is 0 Å². The first-order valence-corrected chi connectivity index (χ1v) is 6.67. The van der Waals surface area contributed by atoms with Crippen molar-refractivity contribution < 1.29 is 9.90 Å². The lowest BCUT2D eigenvalue weighted by atomic mass is 9.81. The van der Waals surface area contributed by atoms with Gasteiger partial charge in [0.05, 0.1) is 13.1 Å². The van der Waals surface area contributed by atoms with Gasteiger partial charge in [0.15, 0.2) is 0 Å². The normalized spacial score (nSPS) is 32.4. The van der Waals surface area contributed by atoms with Gasteiger partial charge < -0.3 is 15.3 Å². The molecule has 0 saturated carbocycles. The summed E-state index contributed by atoms with van der Waals surface area (Å²) in [6, 6.07) is 0.433. The van der Waals surface area contributed by atoms with E-state index in [1.807, 2.05) is 18.7 Å². The van der Waals surface area contributed by atoms with Crippen molar-refractivity contribution in [1.29, 1.82) is 0 Å². The maximum Gasteiger partial charge on any atom is 0.225 e. The van der Waals surface area contributed by atoms with E-state index in [2.05, 4.69) is 12.2 Å². The molecule has 98 valence electrons. The van der Waals surface area contributed by atoms with Crippen molar-refractivity contribution in [3.63, 3.8) is 0 Å². The quantitative estimate of drug-likeness (QED) is 0.743. The summed E-state index contributed by atoms with van der Waals surface area (Å²) in [4.78, 5) is 14.0. The van der Waals surface area contributed by atoms with Gasteiger partial charge in [0.25, 0.3) is 0 Å². The lowest BCUT2D eigenvalue weighted by Crippen LogP contribution is -2.67. The number of β-amino-alcohol motifs (C(OH)–C–C–N with tert-alkyl or cyclic N) is 1. The number of amides is 1. The van der Waals surface area contributed by atoms with E-state index in [1.54, 1.807) is 0 Å². The maximum absolute atomic E-state index is 12.2. The van der Waals surface area contributed by atoms with Gasteiger partial charge in [-0.2, -0.15) is 0 Å². The van der Waals surface area contributed by atoms with Crippen LogP contribution in [-0.2, 0) is 4.79 Å². The Morgan fingerprint density at radius 1 is 1.47 bits per heavy atom. The van der Waals surface area contributed by atoms with E-state index in [1.165, 1.54) is 0 Å². The van der Waals surface area contributed by atoms with Crippen molar-refractivity contribution in [3.8, 4) is 0 Å². The summed E-state index contributed by atoms with van der Waals surface area (Å²) in [5.41, 5.74) is -0.645. The molecule has 17 heavy (non-hydrogen) atoms. The van der Waals surface area contributed by atoms with E-state index >= 15 is 0 Å². The highest BCUT2D eigenvalue weighted by Gasteiger charge is 2.47. The van der Waals surface area contributed by atoms with Crippen molar-refractivity contribution in [3.05, 3.63) is 0 Å². The van der Waals surface area contributed by atoms with Crippen molar-refractivity contribution in [2.24, 2.45) is 11.8 Å². The average molecular weight is 240 g/mol. The van der Waals surface area contributed by atoms with Crippen LogP contribution in [0.5, 0.6) is 0 Å². The van der Waals surface area contributed by atoms with Crippen molar-refractivity contribution in [2.45, 2.75) is 45.3 Å². The Morgan fingerprint density at radius 3 is 2.65 bits per heavy atom. The zero-order chi connectivity index (χ0) is 12.6. The number of piperidine rings is 1. The monoisotopic (exact) mass is 240 g/mol. The van der Waals surface area contributed by atoms with E-state index in [-0.39, 0.29) is 17.7 Å². The van der Waals surface area contributed by atoms with Gasteiger partial charge in [-0.15, -0.1) is 0 Å². The molecule has 2 atom stereocenters. The van der Waals surface area contributed by atoms with Gasteiger partial charge in [-0.1, -0.05) is 13.8 Å². The molecular weight excluding hydrogens is 216 g/mol. The van der Waals surface area contributed by atoms with Gasteiger partial charge in [-0.05, 0) is 32.2 Å². The largest absolute Gasteiger partial charge is 0.386 e. The second kappa shape index (κ2) is 4.58. The highest BCUT2D eigenvalue weighted by atomic mass is 16.3. The molecule has 0 aliphatic carbocycles. The van der Waals surface area contributed by atoms with E-state index in [4.69, 9.17) is 0 Å². The topological polar surface area (TPSA) is 52.6 Å². The number of aliphatic hydroxyl groups is 1. The first kappa shape index (κ1) is 12.8. The highest BCUT2D eigenvalue weighted by molar-refractivity contribution is 5.80. The van der Waals surface area contributed by atoms with Crippen molar-refractivity contribution in [1.82, 2.24) is 10.2 Å². The average Bonchev–Trinajstić information content (AvgIpc) is 2.23. The lowest BCUT2D eigenvalue weighted by Gasteiger charge is -2.50. The van der Waals surface area contributed by atoms with Crippen molar-refractivity contribution >= 4 is 5.91 Å². The third kappa shape index (κ3) is 2.47. The summed E-state index contributed by atoms with van der Waals surface area (Å²) >= 11 is 0. The van der Waals surface area contributed by atoms with Crippen molar-refractivity contribution in [2.75, 3.05) is 19.6 Å². The number of nitrogens with zero attached hydrogens (tertiary/aromatic N) is 1. The molecule has 0 aromatic heterocycles. The van der Waals surface area contributed by atoms with Gasteiger partial charge in [-0.25, -0.2) is 0 Å². The molecule has 2 fully saturated rings. The molecule has 4 nitrogen and oxygen atoms in total. The van der Waals surface area contributed by atoms with Crippen LogP contribution >= 0.6 is 0 Å². The Labute approximate surface area is 103 Å². The first-order valence-electron chi connectivity index (χ1n) is 6.67. The molecule has 0 spiro atoms. The smallest absolute Gasteiger partial charge is 0.225 e. The van der Waals surface area contributed by atoms with Gasteiger partial charge in [-0.3, -0.25) is 4.79 Å². The van der Waals surface area contributed by atoms with Crippen LogP contribution in [0.25, 0.3) is 0 Å². The first-order chi connectivity index (χ1) is 7.92. The van der Waals surface area contributed by atoms with Crippen LogP contribution in [0.15, 0.2) is 0 Å². The molecule has 2 rings (SSSR count). The Kier molecular flexibility index (Phi) is 3.46. The molecule has 0 bridgehead atoms. The third-order valence-corrected chi connectivity index (χ3v) is 4.29. The number of carbonyl (C=O) groups excluding carboxylic acids is 1.